The minimum Gasteiger partial charge on any atom is -0.650 e. The molecule has 0 saturated carbocycles. The third-order valence-electron chi connectivity index (χ3n) is 2.50. The van der Waals surface area contributed by atoms with Crippen LogP contribution in [0.4, 0.5) is 4.39 Å². The predicted octanol–water partition coefficient (Wildman–Crippen LogP) is 2.34. The number of alkyl halides is 1. The van der Waals surface area contributed by atoms with Crippen LogP contribution < -0.4 is 3.79 Å². The standard InChI is InChI=1S/C13H12FNO.Al.H/c14-9-12-6-3-5-11(15-12)8-10-4-1-2-7-13(10)16;;/h1-7,16H,8-9H2;;/q;+1;/p-1. The summed E-state index contributed by atoms with van der Waals surface area (Å²) in [5.41, 5.74) is 2.39. The fourth-order valence-corrected chi connectivity index (χ4v) is 1.97. The number of hydrogen-bond acceptors (Lipinski definition) is 2. The van der Waals surface area contributed by atoms with Crippen LogP contribution in [0.3, 0.4) is 0 Å². The molecule has 0 spiro atoms. The maximum absolute atomic E-state index is 12.5. The van der Waals surface area contributed by atoms with Gasteiger partial charge in [0.2, 0.25) is 0 Å². The summed E-state index contributed by atoms with van der Waals surface area (Å²) in [4.78, 5) is 4.23. The highest BCUT2D eigenvalue weighted by Crippen LogP contribution is 2.20. The van der Waals surface area contributed by atoms with Crippen LogP contribution in [0.1, 0.15) is 17.0 Å². The van der Waals surface area contributed by atoms with Gasteiger partial charge < -0.3 is 3.79 Å². The Bertz CT molecular complexity index is 504. The highest BCUT2D eigenvalue weighted by molar-refractivity contribution is 6.00. The third kappa shape index (κ3) is 3.06. The van der Waals surface area contributed by atoms with Gasteiger partial charge in [-0.15, -0.1) is 0 Å². The van der Waals surface area contributed by atoms with Gasteiger partial charge in [0, 0.05) is 12.1 Å². The smallest absolute Gasteiger partial charge is 0.494 e. The molecule has 0 atom stereocenters. The summed E-state index contributed by atoms with van der Waals surface area (Å²) < 4.78 is 17.8. The number of nitrogens with zero attached hydrogens (tertiary/aromatic N) is 1. The van der Waals surface area contributed by atoms with Gasteiger partial charge >= 0.3 is 16.6 Å². The van der Waals surface area contributed by atoms with E-state index in [1.165, 1.54) is 16.6 Å². The normalized spacial score (nSPS) is 10.2. The molecule has 0 fully saturated rings. The van der Waals surface area contributed by atoms with Crippen molar-refractivity contribution in [2.75, 3.05) is 0 Å². The zero-order valence-corrected chi connectivity index (χ0v) is 10.8. The molecule has 0 amide bonds. The lowest BCUT2D eigenvalue weighted by Crippen LogP contribution is -1.98. The summed E-state index contributed by atoms with van der Waals surface area (Å²) in [5, 5.41) is 0. The van der Waals surface area contributed by atoms with Crippen molar-refractivity contribution in [2.45, 2.75) is 13.1 Å². The Morgan fingerprint density at radius 1 is 1.06 bits per heavy atom. The molecule has 0 aliphatic rings. The number of hydrogen-bond donors (Lipinski definition) is 0. The molecule has 17 heavy (non-hydrogen) atoms. The second-order valence-corrected chi connectivity index (χ2v) is 3.97. The van der Waals surface area contributed by atoms with Crippen LogP contribution in [-0.4, -0.2) is 21.6 Å². The lowest BCUT2D eigenvalue weighted by molar-refractivity contribution is 0.475. The van der Waals surface area contributed by atoms with E-state index in [0.717, 1.165) is 17.0 Å². The first-order chi connectivity index (χ1) is 8.33. The number of pyridine rings is 1. The maximum atomic E-state index is 12.5. The molecule has 0 aliphatic carbocycles. The Labute approximate surface area is 108 Å². The summed E-state index contributed by atoms with van der Waals surface area (Å²) >= 11 is 1.45. The molecule has 0 bridgehead atoms. The van der Waals surface area contributed by atoms with Crippen molar-refractivity contribution in [1.29, 1.82) is 0 Å². The molecule has 2 nitrogen and oxygen atoms in total. The van der Waals surface area contributed by atoms with Gasteiger partial charge in [0.05, 0.1) is 11.4 Å². The molecule has 0 N–H and O–H groups in total. The minimum atomic E-state index is -0.527. The average molecular weight is 244 g/mol. The van der Waals surface area contributed by atoms with Crippen molar-refractivity contribution in [3.63, 3.8) is 0 Å². The molecule has 1 aromatic heterocycles. The molecule has 1 heterocycles. The molecule has 2 aromatic rings. The van der Waals surface area contributed by atoms with Crippen LogP contribution in [0.25, 0.3) is 0 Å². The van der Waals surface area contributed by atoms with Crippen molar-refractivity contribution in [1.82, 2.24) is 4.98 Å². The number of benzene rings is 1. The first-order valence-corrected chi connectivity index (χ1v) is 5.92. The van der Waals surface area contributed by atoms with Crippen LogP contribution >= 0.6 is 0 Å². The van der Waals surface area contributed by atoms with Crippen molar-refractivity contribution in [3.05, 3.63) is 59.4 Å². The Balaban J connectivity index is 2.24. The van der Waals surface area contributed by atoms with E-state index < -0.39 is 6.67 Å². The van der Waals surface area contributed by atoms with E-state index in [4.69, 9.17) is 3.79 Å². The first kappa shape index (κ1) is 12.1. The summed E-state index contributed by atoms with van der Waals surface area (Å²) in [6, 6.07) is 13.2. The van der Waals surface area contributed by atoms with Gasteiger partial charge in [-0.25, -0.2) is 4.39 Å². The van der Waals surface area contributed by atoms with Crippen LogP contribution in [0.5, 0.6) is 5.75 Å². The van der Waals surface area contributed by atoms with Gasteiger partial charge in [0.25, 0.3) is 0 Å². The molecule has 85 valence electrons. The van der Waals surface area contributed by atoms with E-state index in [0.29, 0.717) is 12.1 Å². The minimum absolute atomic E-state index is 0.472. The first-order valence-electron chi connectivity index (χ1n) is 5.34. The molecular weight excluding hydrogens is 232 g/mol. The van der Waals surface area contributed by atoms with Crippen molar-refractivity contribution in [3.8, 4) is 5.75 Å². The highest BCUT2D eigenvalue weighted by atomic mass is 27.1. The average Bonchev–Trinajstić information content (AvgIpc) is 2.39. The molecule has 0 unspecified atom stereocenters. The van der Waals surface area contributed by atoms with Crippen LogP contribution in [0, 0.1) is 0 Å². The monoisotopic (exact) mass is 244 g/mol. The molecule has 2 rings (SSSR count). The Hall–Kier alpha value is -1.37. The zero-order chi connectivity index (χ0) is 12.1. The van der Waals surface area contributed by atoms with Crippen LogP contribution in [0.15, 0.2) is 42.5 Å². The van der Waals surface area contributed by atoms with Gasteiger partial charge in [-0.1, -0.05) is 24.3 Å². The molecule has 0 saturated heterocycles. The van der Waals surface area contributed by atoms with E-state index in [1.807, 2.05) is 36.4 Å². The number of rotatable bonds is 4. The van der Waals surface area contributed by atoms with Gasteiger partial charge in [-0.2, -0.15) is 0 Å². The Morgan fingerprint density at radius 3 is 2.59 bits per heavy atom. The Morgan fingerprint density at radius 2 is 1.82 bits per heavy atom. The second-order valence-electron chi connectivity index (χ2n) is 3.68. The summed E-state index contributed by atoms with van der Waals surface area (Å²) in [7, 11) is 0. The SMILES string of the molecule is FCc1cccc(Cc2ccccc2[O][AlH])n1. The molecule has 0 aliphatic heterocycles. The topological polar surface area (TPSA) is 22.1 Å². The van der Waals surface area contributed by atoms with E-state index >= 15 is 0 Å². The van der Waals surface area contributed by atoms with Crippen molar-refractivity contribution >= 4 is 16.6 Å². The lowest BCUT2D eigenvalue weighted by atomic mass is 10.1. The zero-order valence-electron chi connectivity index (χ0n) is 9.40. The fraction of sp³-hybridized carbons (Fsp3) is 0.154. The number of para-hydroxylation sites is 1. The predicted molar refractivity (Wildman–Crippen MR) is 66.1 cm³/mol. The number of aromatic nitrogens is 1. The second kappa shape index (κ2) is 5.81. The van der Waals surface area contributed by atoms with Crippen LogP contribution in [-0.2, 0) is 13.1 Å². The van der Waals surface area contributed by atoms with Gasteiger partial charge in [0.1, 0.15) is 6.67 Å². The summed E-state index contributed by atoms with van der Waals surface area (Å²) in [6.07, 6.45) is 0.655. The summed E-state index contributed by atoms with van der Waals surface area (Å²) in [6.45, 7) is -0.527. The third-order valence-corrected chi connectivity index (χ3v) is 2.81. The lowest BCUT2D eigenvalue weighted by Gasteiger charge is -2.09. The molecule has 4 heteroatoms. The van der Waals surface area contributed by atoms with Gasteiger partial charge in [0.15, 0.2) is 0 Å². The van der Waals surface area contributed by atoms with E-state index in [2.05, 4.69) is 4.98 Å². The van der Waals surface area contributed by atoms with E-state index in [9.17, 15) is 4.39 Å². The van der Waals surface area contributed by atoms with Gasteiger partial charge in [-0.05, 0) is 23.8 Å². The molecular formula is C13H12AlFNO. The quantitative estimate of drug-likeness (QED) is 0.770. The van der Waals surface area contributed by atoms with E-state index in [1.54, 1.807) is 6.07 Å². The maximum Gasteiger partial charge on any atom is 0.494 e. The van der Waals surface area contributed by atoms with Crippen LogP contribution in [0.2, 0.25) is 0 Å². The fourth-order valence-electron chi connectivity index (χ4n) is 1.69. The number of halogens is 1. The van der Waals surface area contributed by atoms with Crippen molar-refractivity contribution < 1.29 is 8.18 Å². The largest absolute Gasteiger partial charge is 0.650 e. The van der Waals surface area contributed by atoms with E-state index in [-0.39, 0.29) is 0 Å². The Kier molecular flexibility index (Phi) is 4.14. The summed E-state index contributed by atoms with van der Waals surface area (Å²) in [5.74, 6) is 0.846. The molecule has 1 radical (unpaired) electrons. The van der Waals surface area contributed by atoms with Crippen molar-refractivity contribution in [2.24, 2.45) is 0 Å². The molecule has 1 aromatic carbocycles. The van der Waals surface area contributed by atoms with Gasteiger partial charge in [-0.3, -0.25) is 4.98 Å². The highest BCUT2D eigenvalue weighted by Gasteiger charge is 2.04.